The molecule has 0 saturated carbocycles. The summed E-state index contributed by atoms with van der Waals surface area (Å²) in [6.07, 6.45) is 0.862. The lowest BCUT2D eigenvalue weighted by Crippen LogP contribution is -1.82. The molecule has 0 aliphatic carbocycles. The van der Waals surface area contributed by atoms with Gasteiger partial charge in [0.15, 0.2) is 5.82 Å². The van der Waals surface area contributed by atoms with E-state index >= 15 is 0 Å². The van der Waals surface area contributed by atoms with E-state index in [0.29, 0.717) is 0 Å². The molecule has 0 unspecified atom stereocenters. The van der Waals surface area contributed by atoms with Gasteiger partial charge >= 0.3 is 0 Å². The molecule has 1 aromatic carbocycles. The second-order valence-corrected chi connectivity index (χ2v) is 3.42. The number of aromatic amines is 1. The highest BCUT2D eigenvalue weighted by Gasteiger charge is 2.03. The van der Waals surface area contributed by atoms with E-state index in [1.165, 1.54) is 0 Å². The second kappa shape index (κ2) is 3.80. The van der Waals surface area contributed by atoms with Gasteiger partial charge in [-0.15, -0.1) is 10.2 Å². The normalized spacial score (nSPS) is 10.4. The zero-order chi connectivity index (χ0) is 9.97. The number of nitrogens with one attached hydrogen (secondary N) is 1. The quantitative estimate of drug-likeness (QED) is 0.823. The topological polar surface area (TPSA) is 41.6 Å². The summed E-state index contributed by atoms with van der Waals surface area (Å²) in [7, 11) is 0. The number of aryl methyl sites for hydroxylation is 1. The maximum atomic E-state index is 5.79. The summed E-state index contributed by atoms with van der Waals surface area (Å²) in [5, 5.41) is 8.76. The van der Waals surface area contributed by atoms with Crippen LogP contribution >= 0.6 is 11.6 Å². The summed E-state index contributed by atoms with van der Waals surface area (Å²) in [6, 6.07) is 7.51. The first-order chi connectivity index (χ1) is 6.79. The van der Waals surface area contributed by atoms with Gasteiger partial charge in [-0.25, -0.2) is 0 Å². The van der Waals surface area contributed by atoms with Gasteiger partial charge in [0.1, 0.15) is 5.82 Å². The summed E-state index contributed by atoms with van der Waals surface area (Å²) in [5.74, 6) is 1.69. The Morgan fingerprint density at radius 1 is 1.21 bits per heavy atom. The second-order valence-electron chi connectivity index (χ2n) is 2.98. The number of hydrogen-bond donors (Lipinski definition) is 1. The Morgan fingerprint density at radius 2 is 1.93 bits per heavy atom. The minimum absolute atomic E-state index is 0.726. The van der Waals surface area contributed by atoms with Crippen molar-refractivity contribution in [3.05, 3.63) is 35.1 Å². The largest absolute Gasteiger partial charge is 0.325 e. The van der Waals surface area contributed by atoms with Crippen molar-refractivity contribution in [1.82, 2.24) is 15.2 Å². The van der Waals surface area contributed by atoms with Crippen LogP contribution in [0, 0.1) is 0 Å². The van der Waals surface area contributed by atoms with Crippen LogP contribution in [-0.2, 0) is 6.42 Å². The Kier molecular flexibility index (Phi) is 2.50. The first-order valence-corrected chi connectivity index (χ1v) is 4.85. The SMILES string of the molecule is CCc1nnc(-c2ccc(Cl)cc2)[nH]1. The van der Waals surface area contributed by atoms with E-state index in [1.54, 1.807) is 0 Å². The predicted octanol–water partition coefficient (Wildman–Crippen LogP) is 2.69. The highest BCUT2D eigenvalue weighted by atomic mass is 35.5. The number of halogens is 1. The zero-order valence-corrected chi connectivity index (χ0v) is 8.54. The van der Waals surface area contributed by atoms with Crippen molar-refractivity contribution in [2.45, 2.75) is 13.3 Å². The van der Waals surface area contributed by atoms with Crippen molar-refractivity contribution >= 4 is 11.6 Å². The first kappa shape index (κ1) is 9.21. The maximum absolute atomic E-state index is 5.79. The van der Waals surface area contributed by atoms with Gasteiger partial charge in [-0.1, -0.05) is 18.5 Å². The van der Waals surface area contributed by atoms with Gasteiger partial charge in [-0.05, 0) is 24.3 Å². The molecule has 0 bridgehead atoms. The van der Waals surface area contributed by atoms with Gasteiger partial charge < -0.3 is 4.98 Å². The number of hydrogen-bond acceptors (Lipinski definition) is 2. The predicted molar refractivity (Wildman–Crippen MR) is 56.2 cm³/mol. The van der Waals surface area contributed by atoms with Crippen LogP contribution in [0.4, 0.5) is 0 Å². The smallest absolute Gasteiger partial charge is 0.161 e. The Bertz CT molecular complexity index is 419. The number of rotatable bonds is 2. The molecule has 0 aliphatic heterocycles. The minimum atomic E-state index is 0.726. The Labute approximate surface area is 87.1 Å². The molecule has 0 aliphatic rings. The molecule has 4 heteroatoms. The Hall–Kier alpha value is -1.35. The van der Waals surface area contributed by atoms with Gasteiger partial charge in [-0.2, -0.15) is 0 Å². The van der Waals surface area contributed by atoms with Gasteiger partial charge in [0, 0.05) is 17.0 Å². The molecule has 14 heavy (non-hydrogen) atoms. The summed E-state index contributed by atoms with van der Waals surface area (Å²) in [4.78, 5) is 3.13. The first-order valence-electron chi connectivity index (χ1n) is 4.47. The fraction of sp³-hybridized carbons (Fsp3) is 0.200. The molecule has 0 saturated heterocycles. The lowest BCUT2D eigenvalue weighted by atomic mass is 10.2. The Balaban J connectivity index is 2.34. The maximum Gasteiger partial charge on any atom is 0.161 e. The van der Waals surface area contributed by atoms with Gasteiger partial charge in [0.05, 0.1) is 0 Å². The molecule has 1 aromatic heterocycles. The van der Waals surface area contributed by atoms with E-state index in [9.17, 15) is 0 Å². The lowest BCUT2D eigenvalue weighted by molar-refractivity contribution is 0.946. The number of benzene rings is 1. The van der Waals surface area contributed by atoms with Crippen molar-refractivity contribution < 1.29 is 0 Å². The highest BCUT2D eigenvalue weighted by molar-refractivity contribution is 6.30. The Morgan fingerprint density at radius 3 is 2.50 bits per heavy atom. The molecular weight excluding hydrogens is 198 g/mol. The van der Waals surface area contributed by atoms with Gasteiger partial charge in [0.2, 0.25) is 0 Å². The molecule has 72 valence electrons. The summed E-state index contributed by atoms with van der Waals surface area (Å²) in [6.45, 7) is 2.03. The van der Waals surface area contributed by atoms with E-state index in [4.69, 9.17) is 11.6 Å². The summed E-state index contributed by atoms with van der Waals surface area (Å²) < 4.78 is 0. The fourth-order valence-corrected chi connectivity index (χ4v) is 1.32. The fourth-order valence-electron chi connectivity index (χ4n) is 1.19. The van der Waals surface area contributed by atoms with Crippen molar-refractivity contribution in [2.24, 2.45) is 0 Å². The van der Waals surface area contributed by atoms with Crippen molar-refractivity contribution in [3.63, 3.8) is 0 Å². The van der Waals surface area contributed by atoms with E-state index in [-0.39, 0.29) is 0 Å². The molecule has 0 amide bonds. The summed E-state index contributed by atoms with van der Waals surface area (Å²) in [5.41, 5.74) is 1.00. The highest BCUT2D eigenvalue weighted by Crippen LogP contribution is 2.17. The zero-order valence-electron chi connectivity index (χ0n) is 7.79. The average molecular weight is 208 g/mol. The van der Waals surface area contributed by atoms with Crippen LogP contribution in [0.2, 0.25) is 5.02 Å². The van der Waals surface area contributed by atoms with Crippen molar-refractivity contribution in [2.75, 3.05) is 0 Å². The van der Waals surface area contributed by atoms with E-state index in [2.05, 4.69) is 15.2 Å². The van der Waals surface area contributed by atoms with Crippen LogP contribution < -0.4 is 0 Å². The molecule has 2 aromatic rings. The molecular formula is C10H10ClN3. The molecule has 0 atom stereocenters. The molecule has 0 spiro atoms. The van der Waals surface area contributed by atoms with E-state index < -0.39 is 0 Å². The van der Waals surface area contributed by atoms with Crippen LogP contribution in [0.1, 0.15) is 12.7 Å². The average Bonchev–Trinajstić information content (AvgIpc) is 2.67. The van der Waals surface area contributed by atoms with Crippen molar-refractivity contribution in [3.8, 4) is 11.4 Å². The third-order valence-corrected chi connectivity index (χ3v) is 2.24. The van der Waals surface area contributed by atoms with E-state index in [1.807, 2.05) is 31.2 Å². The molecule has 2 rings (SSSR count). The number of nitrogens with zero attached hydrogens (tertiary/aromatic N) is 2. The van der Waals surface area contributed by atoms with Crippen LogP contribution in [0.25, 0.3) is 11.4 Å². The van der Waals surface area contributed by atoms with Crippen LogP contribution in [0.15, 0.2) is 24.3 Å². The molecule has 1 heterocycles. The van der Waals surface area contributed by atoms with Crippen LogP contribution in [0.3, 0.4) is 0 Å². The number of H-pyrrole nitrogens is 1. The molecule has 0 fully saturated rings. The van der Waals surface area contributed by atoms with Gasteiger partial charge in [0.25, 0.3) is 0 Å². The molecule has 1 N–H and O–H groups in total. The van der Waals surface area contributed by atoms with Crippen molar-refractivity contribution in [1.29, 1.82) is 0 Å². The minimum Gasteiger partial charge on any atom is -0.325 e. The summed E-state index contributed by atoms with van der Waals surface area (Å²) >= 11 is 5.79. The number of aromatic nitrogens is 3. The third kappa shape index (κ3) is 1.77. The monoisotopic (exact) mass is 207 g/mol. The standard InChI is InChI=1S/C10H10ClN3/c1-2-9-12-10(14-13-9)7-3-5-8(11)6-4-7/h3-6H,2H2,1H3,(H,12,13,14). The lowest BCUT2D eigenvalue weighted by Gasteiger charge is -1.94. The molecule has 0 radical (unpaired) electrons. The molecule has 3 nitrogen and oxygen atoms in total. The van der Waals surface area contributed by atoms with Gasteiger partial charge in [-0.3, -0.25) is 0 Å². The van der Waals surface area contributed by atoms with Crippen LogP contribution in [0.5, 0.6) is 0 Å². The van der Waals surface area contributed by atoms with Crippen LogP contribution in [-0.4, -0.2) is 15.2 Å². The third-order valence-electron chi connectivity index (χ3n) is 1.99. The van der Waals surface area contributed by atoms with E-state index in [0.717, 1.165) is 28.7 Å².